The van der Waals surface area contributed by atoms with Crippen LogP contribution in [0, 0.1) is 17.2 Å². The lowest BCUT2D eigenvalue weighted by Gasteiger charge is -2.32. The zero-order valence-electron chi connectivity index (χ0n) is 18.3. The molecule has 2 atom stereocenters. The van der Waals surface area contributed by atoms with E-state index in [-0.39, 0.29) is 23.3 Å². The van der Waals surface area contributed by atoms with Crippen LogP contribution in [0.15, 0.2) is 78.9 Å². The molecule has 0 N–H and O–H groups in total. The van der Waals surface area contributed by atoms with Crippen LogP contribution in [0.4, 0.5) is 0 Å². The molecule has 0 fully saturated rings. The monoisotopic (exact) mass is 493 g/mol. The van der Waals surface area contributed by atoms with E-state index in [1.807, 2.05) is 6.07 Å². The van der Waals surface area contributed by atoms with Gasteiger partial charge in [-0.3, -0.25) is 9.59 Å². The molecular weight excluding hydrogens is 473 g/mol. The third-order valence-corrected chi connectivity index (χ3v) is 5.96. The molecule has 0 aliphatic carbocycles. The summed E-state index contributed by atoms with van der Waals surface area (Å²) >= 11 is 12.1. The van der Waals surface area contributed by atoms with Crippen molar-refractivity contribution in [3.8, 4) is 6.07 Å². The maximum absolute atomic E-state index is 13.8. The minimum atomic E-state index is -2.06. The highest BCUT2D eigenvalue weighted by atomic mass is 35.5. The molecule has 0 bridgehead atoms. The van der Waals surface area contributed by atoms with Crippen molar-refractivity contribution in [3.63, 3.8) is 0 Å². The summed E-state index contributed by atoms with van der Waals surface area (Å²) in [6, 6.07) is 22.7. The fraction of sp³-hybridized carbons (Fsp3) is 0.185. The quantitative estimate of drug-likeness (QED) is 0.266. The molecular formula is C27H21Cl2NO4. The molecule has 0 aliphatic heterocycles. The molecule has 2 unspecified atom stereocenters. The van der Waals surface area contributed by atoms with Gasteiger partial charge in [-0.05, 0) is 36.8 Å². The van der Waals surface area contributed by atoms with Crippen molar-refractivity contribution in [3.05, 3.63) is 106 Å². The Kier molecular flexibility index (Phi) is 8.22. The fourth-order valence-electron chi connectivity index (χ4n) is 3.85. The maximum atomic E-state index is 13.8. The molecule has 0 radical (unpaired) electrons. The van der Waals surface area contributed by atoms with Crippen molar-refractivity contribution in [2.75, 3.05) is 6.61 Å². The van der Waals surface area contributed by atoms with Crippen molar-refractivity contribution in [2.45, 2.75) is 18.8 Å². The predicted molar refractivity (Wildman–Crippen MR) is 130 cm³/mol. The average molecular weight is 494 g/mol. The van der Waals surface area contributed by atoms with E-state index in [1.165, 1.54) is 18.2 Å². The van der Waals surface area contributed by atoms with Gasteiger partial charge in [0.15, 0.2) is 17.0 Å². The molecule has 3 aromatic carbocycles. The van der Waals surface area contributed by atoms with Gasteiger partial charge >= 0.3 is 5.97 Å². The molecule has 0 amide bonds. The van der Waals surface area contributed by atoms with E-state index >= 15 is 0 Å². The Morgan fingerprint density at radius 1 is 0.912 bits per heavy atom. The molecule has 3 rings (SSSR count). The maximum Gasteiger partial charge on any atom is 0.331 e. The number of carbonyl (C=O) groups is 3. The van der Waals surface area contributed by atoms with E-state index in [0.717, 1.165) is 0 Å². The molecule has 172 valence electrons. The molecule has 5 nitrogen and oxygen atoms in total. The third-order valence-electron chi connectivity index (χ3n) is 5.49. The number of hydrogen-bond donors (Lipinski definition) is 0. The molecule has 34 heavy (non-hydrogen) atoms. The number of hydrogen-bond acceptors (Lipinski definition) is 5. The number of Topliss-reactive ketones (excluding diaryl/α,β-unsaturated/α-hetero) is 2. The van der Waals surface area contributed by atoms with Gasteiger partial charge in [0, 0.05) is 27.6 Å². The van der Waals surface area contributed by atoms with E-state index in [1.54, 1.807) is 67.6 Å². The summed E-state index contributed by atoms with van der Waals surface area (Å²) in [6.07, 6.45) is -0.424. The summed E-state index contributed by atoms with van der Waals surface area (Å²) < 4.78 is 5.28. The number of ketones is 2. The smallest absolute Gasteiger partial charge is 0.331 e. The highest BCUT2D eigenvalue weighted by Gasteiger charge is 2.53. The molecule has 3 aromatic rings. The second-order valence-electron chi connectivity index (χ2n) is 7.57. The Labute approximate surface area is 207 Å². The zero-order valence-corrected chi connectivity index (χ0v) is 19.8. The second kappa shape index (κ2) is 11.1. The lowest BCUT2D eigenvalue weighted by molar-refractivity contribution is -0.149. The van der Waals surface area contributed by atoms with Gasteiger partial charge in [-0.2, -0.15) is 5.26 Å². The van der Waals surface area contributed by atoms with E-state index in [2.05, 4.69) is 0 Å². The minimum absolute atomic E-state index is 0.00455. The van der Waals surface area contributed by atoms with Crippen LogP contribution < -0.4 is 0 Å². The number of carbonyl (C=O) groups excluding carboxylic acids is 3. The first-order valence-corrected chi connectivity index (χ1v) is 11.3. The van der Waals surface area contributed by atoms with Crippen molar-refractivity contribution in [1.29, 1.82) is 5.26 Å². The first-order valence-electron chi connectivity index (χ1n) is 10.6. The van der Waals surface area contributed by atoms with Gasteiger partial charge in [0.05, 0.1) is 18.6 Å². The summed E-state index contributed by atoms with van der Waals surface area (Å²) in [5, 5.41) is 11.1. The number of rotatable bonds is 9. The molecule has 0 heterocycles. The second-order valence-corrected chi connectivity index (χ2v) is 8.44. The lowest BCUT2D eigenvalue weighted by atomic mass is 9.66. The molecule has 0 aromatic heterocycles. The van der Waals surface area contributed by atoms with Crippen LogP contribution in [0.5, 0.6) is 0 Å². The molecule has 0 saturated carbocycles. The van der Waals surface area contributed by atoms with Crippen molar-refractivity contribution in [2.24, 2.45) is 5.92 Å². The number of ether oxygens (including phenoxy) is 1. The Balaban J connectivity index is 2.22. The van der Waals surface area contributed by atoms with Crippen LogP contribution in [0.2, 0.25) is 10.0 Å². The highest BCUT2D eigenvalue weighted by molar-refractivity contribution is 6.31. The van der Waals surface area contributed by atoms with Gasteiger partial charge in [-0.25, -0.2) is 4.79 Å². The summed E-state index contributed by atoms with van der Waals surface area (Å²) in [7, 11) is 0. The highest BCUT2D eigenvalue weighted by Crippen LogP contribution is 2.39. The summed E-state index contributed by atoms with van der Waals surface area (Å²) in [6.45, 7) is 1.60. The van der Waals surface area contributed by atoms with E-state index < -0.39 is 35.3 Å². The van der Waals surface area contributed by atoms with Crippen molar-refractivity contribution < 1.29 is 19.1 Å². The van der Waals surface area contributed by atoms with E-state index in [4.69, 9.17) is 27.9 Å². The summed E-state index contributed by atoms with van der Waals surface area (Å²) in [5.41, 5.74) is -1.36. The van der Waals surface area contributed by atoms with E-state index in [9.17, 15) is 19.6 Å². The summed E-state index contributed by atoms with van der Waals surface area (Å²) in [5.74, 6) is -3.30. The normalized spacial score (nSPS) is 13.2. The Hall–Kier alpha value is -3.46. The zero-order chi connectivity index (χ0) is 24.7. The van der Waals surface area contributed by atoms with Crippen LogP contribution in [-0.2, 0) is 14.9 Å². The Morgan fingerprint density at radius 2 is 1.50 bits per heavy atom. The van der Waals surface area contributed by atoms with Gasteiger partial charge in [0.2, 0.25) is 0 Å². The van der Waals surface area contributed by atoms with Gasteiger partial charge in [-0.15, -0.1) is 0 Å². The number of nitriles is 1. The Bertz CT molecular complexity index is 1250. The number of esters is 1. The largest absolute Gasteiger partial charge is 0.465 e. The van der Waals surface area contributed by atoms with Crippen molar-refractivity contribution in [1.82, 2.24) is 0 Å². The number of halogens is 2. The molecule has 0 spiro atoms. The van der Waals surface area contributed by atoms with Gasteiger partial charge in [0.1, 0.15) is 0 Å². The topological polar surface area (TPSA) is 84.2 Å². The van der Waals surface area contributed by atoms with Gasteiger partial charge in [-0.1, -0.05) is 77.8 Å². The van der Waals surface area contributed by atoms with Gasteiger partial charge < -0.3 is 4.74 Å². The van der Waals surface area contributed by atoms with Crippen LogP contribution in [0.1, 0.15) is 39.6 Å². The first kappa shape index (κ1) is 25.2. The lowest BCUT2D eigenvalue weighted by Crippen LogP contribution is -2.47. The van der Waals surface area contributed by atoms with Crippen LogP contribution >= 0.6 is 23.2 Å². The SMILES string of the molecule is CCOC(=O)C(C#N)(c1ccccc1)C(CC(=O)c1cccc(Cl)c1)C(=O)c1cccc(Cl)c1. The molecule has 0 aliphatic rings. The molecule has 7 heteroatoms. The fourth-order valence-corrected chi connectivity index (χ4v) is 4.23. The van der Waals surface area contributed by atoms with Crippen LogP contribution in [0.3, 0.4) is 0 Å². The standard InChI is InChI=1S/C27H21Cl2NO4/c1-2-34-26(33)27(17-30,20-10-4-3-5-11-20)23(25(32)19-9-7-13-22(29)15-19)16-24(31)18-8-6-12-21(28)14-18/h3-15,23H,2,16H2,1H3. The predicted octanol–water partition coefficient (Wildman–Crippen LogP) is 6.09. The minimum Gasteiger partial charge on any atom is -0.465 e. The summed E-state index contributed by atoms with van der Waals surface area (Å²) in [4.78, 5) is 40.5. The van der Waals surface area contributed by atoms with Gasteiger partial charge in [0.25, 0.3) is 0 Å². The molecule has 0 saturated heterocycles. The van der Waals surface area contributed by atoms with Crippen LogP contribution in [-0.4, -0.2) is 24.1 Å². The third kappa shape index (κ3) is 5.20. The average Bonchev–Trinajstić information content (AvgIpc) is 2.84. The number of benzene rings is 3. The first-order chi connectivity index (χ1) is 16.3. The van der Waals surface area contributed by atoms with E-state index in [0.29, 0.717) is 10.0 Å². The van der Waals surface area contributed by atoms with Crippen molar-refractivity contribution >= 4 is 40.7 Å². The number of nitrogens with zero attached hydrogens (tertiary/aromatic N) is 1. The van der Waals surface area contributed by atoms with Crippen LogP contribution in [0.25, 0.3) is 0 Å². The Morgan fingerprint density at radius 3 is 2.06 bits per heavy atom.